The Morgan fingerprint density at radius 3 is 2.33 bits per heavy atom. The molecular weight excluding hydrogens is 334 g/mol. The highest BCUT2D eigenvalue weighted by molar-refractivity contribution is 5.38. The van der Waals surface area contributed by atoms with Crippen LogP contribution >= 0.6 is 0 Å². The monoisotopic (exact) mass is 359 g/mol. The van der Waals surface area contributed by atoms with Crippen LogP contribution in [0.3, 0.4) is 0 Å². The summed E-state index contributed by atoms with van der Waals surface area (Å²) in [5.74, 6) is 0.921. The first kappa shape index (κ1) is 17.8. The molecule has 0 amide bonds. The van der Waals surface area contributed by atoms with Crippen LogP contribution in [0.5, 0.6) is 5.75 Å². The molecule has 27 heavy (non-hydrogen) atoms. The lowest BCUT2D eigenvalue weighted by molar-refractivity contribution is -0.0434. The van der Waals surface area contributed by atoms with E-state index in [0.717, 1.165) is 30.8 Å². The maximum atomic E-state index is 6.58. The first-order valence-corrected chi connectivity index (χ1v) is 9.56. The summed E-state index contributed by atoms with van der Waals surface area (Å²) >= 11 is 0. The van der Waals surface area contributed by atoms with E-state index >= 15 is 0 Å². The van der Waals surface area contributed by atoms with Crippen LogP contribution in [-0.4, -0.2) is 25.8 Å². The SMILES string of the molecule is c1ccc(Cc2ccccc2O[C@@H](c2ccccc2)C2CNCCO2)cc1. The maximum absolute atomic E-state index is 6.58. The molecule has 2 atom stereocenters. The Morgan fingerprint density at radius 2 is 1.59 bits per heavy atom. The minimum atomic E-state index is -0.143. The van der Waals surface area contributed by atoms with Crippen LogP contribution in [0.25, 0.3) is 0 Å². The van der Waals surface area contributed by atoms with Gasteiger partial charge in [0.05, 0.1) is 6.61 Å². The van der Waals surface area contributed by atoms with Gasteiger partial charge in [0.2, 0.25) is 0 Å². The van der Waals surface area contributed by atoms with Gasteiger partial charge in [0, 0.05) is 19.5 Å². The molecule has 3 heteroatoms. The highest BCUT2D eigenvalue weighted by atomic mass is 16.5. The van der Waals surface area contributed by atoms with Crippen LogP contribution in [0.4, 0.5) is 0 Å². The van der Waals surface area contributed by atoms with E-state index in [9.17, 15) is 0 Å². The highest BCUT2D eigenvalue weighted by Crippen LogP contribution is 2.30. The molecule has 1 saturated heterocycles. The number of nitrogens with one attached hydrogen (secondary N) is 1. The number of hydrogen-bond acceptors (Lipinski definition) is 3. The summed E-state index contributed by atoms with van der Waals surface area (Å²) in [5, 5.41) is 3.42. The van der Waals surface area contributed by atoms with Gasteiger partial charge in [-0.2, -0.15) is 0 Å². The predicted molar refractivity (Wildman–Crippen MR) is 108 cm³/mol. The van der Waals surface area contributed by atoms with Gasteiger partial charge in [0.1, 0.15) is 11.9 Å². The van der Waals surface area contributed by atoms with Crippen LogP contribution in [-0.2, 0) is 11.2 Å². The minimum Gasteiger partial charge on any atom is -0.483 e. The van der Waals surface area contributed by atoms with Crippen LogP contribution in [0.1, 0.15) is 22.8 Å². The smallest absolute Gasteiger partial charge is 0.151 e. The Labute approximate surface area is 161 Å². The summed E-state index contributed by atoms with van der Waals surface area (Å²) in [6, 6.07) is 29.2. The third kappa shape index (κ3) is 4.57. The Kier molecular flexibility index (Phi) is 5.83. The molecule has 3 nitrogen and oxygen atoms in total. The standard InChI is InChI=1S/C24H25NO2/c1-3-9-19(10-4-1)17-21-13-7-8-14-22(21)27-24(20-11-5-2-6-12-20)23-18-25-15-16-26-23/h1-14,23-25H,15-18H2/t23?,24-/m0/s1. The number of rotatable bonds is 6. The lowest BCUT2D eigenvalue weighted by Crippen LogP contribution is -2.43. The summed E-state index contributed by atoms with van der Waals surface area (Å²) in [5.41, 5.74) is 3.61. The van der Waals surface area contributed by atoms with Crippen molar-refractivity contribution in [2.45, 2.75) is 18.6 Å². The summed E-state index contributed by atoms with van der Waals surface area (Å²) in [4.78, 5) is 0. The number of hydrogen-bond donors (Lipinski definition) is 1. The molecule has 138 valence electrons. The largest absolute Gasteiger partial charge is 0.483 e. The zero-order valence-electron chi connectivity index (χ0n) is 15.4. The molecule has 1 heterocycles. The fourth-order valence-corrected chi connectivity index (χ4v) is 3.50. The summed E-state index contributed by atoms with van der Waals surface area (Å²) in [6.07, 6.45) is 0.698. The molecule has 0 spiro atoms. The molecular formula is C24H25NO2. The zero-order valence-corrected chi connectivity index (χ0v) is 15.4. The molecule has 0 aromatic heterocycles. The van der Waals surface area contributed by atoms with Gasteiger partial charge >= 0.3 is 0 Å². The quantitative estimate of drug-likeness (QED) is 0.708. The lowest BCUT2D eigenvalue weighted by atomic mass is 10.0. The first-order chi connectivity index (χ1) is 13.4. The van der Waals surface area contributed by atoms with Crippen molar-refractivity contribution >= 4 is 0 Å². The first-order valence-electron chi connectivity index (χ1n) is 9.56. The molecule has 0 aliphatic carbocycles. The van der Waals surface area contributed by atoms with E-state index in [1.54, 1.807) is 0 Å². The number of para-hydroxylation sites is 1. The molecule has 3 aromatic carbocycles. The van der Waals surface area contributed by atoms with Gasteiger partial charge in [-0.1, -0.05) is 78.9 Å². The molecule has 1 N–H and O–H groups in total. The topological polar surface area (TPSA) is 30.5 Å². The van der Waals surface area contributed by atoms with Crippen LogP contribution in [0.15, 0.2) is 84.9 Å². The van der Waals surface area contributed by atoms with Crippen LogP contribution in [0.2, 0.25) is 0 Å². The van der Waals surface area contributed by atoms with Gasteiger partial charge in [0.15, 0.2) is 6.10 Å². The summed E-state index contributed by atoms with van der Waals surface area (Å²) in [7, 11) is 0. The maximum Gasteiger partial charge on any atom is 0.151 e. The second kappa shape index (κ2) is 8.85. The highest BCUT2D eigenvalue weighted by Gasteiger charge is 2.28. The van der Waals surface area contributed by atoms with E-state index in [-0.39, 0.29) is 12.2 Å². The Bertz CT molecular complexity index is 829. The molecule has 0 radical (unpaired) electrons. The second-order valence-corrected chi connectivity index (χ2v) is 6.83. The third-order valence-electron chi connectivity index (χ3n) is 4.89. The van der Waals surface area contributed by atoms with Crippen LogP contribution in [0, 0.1) is 0 Å². The van der Waals surface area contributed by atoms with E-state index in [1.165, 1.54) is 11.1 Å². The van der Waals surface area contributed by atoms with Gasteiger partial charge in [-0.05, 0) is 22.8 Å². The average molecular weight is 359 g/mol. The van der Waals surface area contributed by atoms with Crippen molar-refractivity contribution in [2.75, 3.05) is 19.7 Å². The second-order valence-electron chi connectivity index (χ2n) is 6.83. The predicted octanol–water partition coefficient (Wildman–Crippen LogP) is 4.39. The molecule has 1 aliphatic heterocycles. The van der Waals surface area contributed by atoms with E-state index < -0.39 is 0 Å². The Balaban J connectivity index is 1.61. The Hall–Kier alpha value is -2.62. The normalized spacial score (nSPS) is 18.0. The minimum absolute atomic E-state index is 0.00840. The third-order valence-corrected chi connectivity index (χ3v) is 4.89. The molecule has 4 rings (SSSR count). The van der Waals surface area contributed by atoms with Gasteiger partial charge in [-0.3, -0.25) is 0 Å². The fourth-order valence-electron chi connectivity index (χ4n) is 3.50. The van der Waals surface area contributed by atoms with E-state index in [1.807, 2.05) is 18.2 Å². The van der Waals surface area contributed by atoms with Crippen molar-refractivity contribution in [3.8, 4) is 5.75 Å². The molecule has 3 aromatic rings. The average Bonchev–Trinajstić information content (AvgIpc) is 2.75. The zero-order chi connectivity index (χ0) is 18.3. The van der Waals surface area contributed by atoms with Gasteiger partial charge in [0.25, 0.3) is 0 Å². The summed E-state index contributed by atoms with van der Waals surface area (Å²) in [6.45, 7) is 2.39. The van der Waals surface area contributed by atoms with Gasteiger partial charge in [-0.15, -0.1) is 0 Å². The van der Waals surface area contributed by atoms with Gasteiger partial charge < -0.3 is 14.8 Å². The summed E-state index contributed by atoms with van der Waals surface area (Å²) < 4.78 is 12.6. The molecule has 1 fully saturated rings. The molecule has 0 saturated carbocycles. The number of morpholine rings is 1. The van der Waals surface area contributed by atoms with E-state index in [0.29, 0.717) is 6.61 Å². The van der Waals surface area contributed by atoms with Crippen LogP contribution < -0.4 is 10.1 Å². The van der Waals surface area contributed by atoms with Crippen molar-refractivity contribution < 1.29 is 9.47 Å². The van der Waals surface area contributed by atoms with Crippen molar-refractivity contribution in [2.24, 2.45) is 0 Å². The number of benzene rings is 3. The molecule has 1 aliphatic rings. The Morgan fingerprint density at radius 1 is 0.889 bits per heavy atom. The van der Waals surface area contributed by atoms with Crippen molar-refractivity contribution in [1.82, 2.24) is 5.32 Å². The van der Waals surface area contributed by atoms with E-state index in [2.05, 4.69) is 72.0 Å². The van der Waals surface area contributed by atoms with E-state index in [4.69, 9.17) is 9.47 Å². The van der Waals surface area contributed by atoms with Gasteiger partial charge in [-0.25, -0.2) is 0 Å². The van der Waals surface area contributed by atoms with Crippen molar-refractivity contribution in [3.63, 3.8) is 0 Å². The fraction of sp³-hybridized carbons (Fsp3) is 0.250. The number of ether oxygens (including phenoxy) is 2. The van der Waals surface area contributed by atoms with Crippen molar-refractivity contribution in [3.05, 3.63) is 102 Å². The molecule has 0 bridgehead atoms. The molecule has 1 unspecified atom stereocenters. The lowest BCUT2D eigenvalue weighted by Gasteiger charge is -2.32. The van der Waals surface area contributed by atoms with Crippen molar-refractivity contribution in [1.29, 1.82) is 0 Å².